The highest BCUT2D eigenvalue weighted by Crippen LogP contribution is 2.33. The number of hydrogen-bond acceptors (Lipinski definition) is 2. The Morgan fingerprint density at radius 3 is 2.53 bits per heavy atom. The molecule has 0 unspecified atom stereocenters. The predicted octanol–water partition coefficient (Wildman–Crippen LogP) is 4.76. The third-order valence-electron chi connectivity index (χ3n) is 2.29. The highest BCUT2D eigenvalue weighted by molar-refractivity contribution is 6.31. The smallest absolute Gasteiger partial charge is 0.395 e. The van der Waals surface area contributed by atoms with E-state index in [2.05, 4.69) is 5.16 Å². The molecule has 19 heavy (non-hydrogen) atoms. The lowest BCUT2D eigenvalue weighted by molar-refractivity contribution is -0.137. The van der Waals surface area contributed by atoms with E-state index in [1.54, 1.807) is 0 Å². The second-order valence-electron chi connectivity index (χ2n) is 4.55. The number of halogens is 4. The highest BCUT2D eigenvalue weighted by Gasteiger charge is 2.34. The van der Waals surface area contributed by atoms with Crippen LogP contribution in [0.15, 0.2) is 23.4 Å². The van der Waals surface area contributed by atoms with Gasteiger partial charge in [0.15, 0.2) is 0 Å². The molecule has 0 saturated carbocycles. The average molecular weight is 294 g/mol. The van der Waals surface area contributed by atoms with Crippen molar-refractivity contribution in [2.75, 3.05) is 6.61 Å². The Morgan fingerprint density at radius 1 is 1.37 bits per heavy atom. The van der Waals surface area contributed by atoms with E-state index in [4.69, 9.17) is 16.4 Å². The van der Waals surface area contributed by atoms with Crippen molar-refractivity contribution in [2.45, 2.75) is 26.9 Å². The average Bonchev–Trinajstić information content (AvgIpc) is 2.26. The van der Waals surface area contributed by atoms with Crippen LogP contribution in [0.2, 0.25) is 5.02 Å². The minimum absolute atomic E-state index is 0.0660. The zero-order valence-electron chi connectivity index (χ0n) is 10.9. The zero-order chi connectivity index (χ0) is 14.6. The molecule has 0 heterocycles. The van der Waals surface area contributed by atoms with Gasteiger partial charge in [-0.15, -0.1) is 0 Å². The summed E-state index contributed by atoms with van der Waals surface area (Å²) >= 11 is 5.73. The third kappa shape index (κ3) is 4.74. The summed E-state index contributed by atoms with van der Waals surface area (Å²) in [5.41, 5.74) is -0.689. The molecule has 6 heteroatoms. The van der Waals surface area contributed by atoms with Crippen LogP contribution in [0.5, 0.6) is 0 Å². The molecule has 0 amide bonds. The Kier molecular flexibility index (Phi) is 5.23. The lowest BCUT2D eigenvalue weighted by Crippen LogP contribution is -2.12. The van der Waals surface area contributed by atoms with E-state index in [0.717, 1.165) is 6.07 Å². The first-order chi connectivity index (χ1) is 8.71. The standard InChI is InChI=1S/C13H15ClF3NO/c1-8(2)7-19-18-9(3)11-6-10(14)4-5-12(11)13(15,16)17/h4-6,8H,7H2,1-3H3. The van der Waals surface area contributed by atoms with Gasteiger partial charge in [0.2, 0.25) is 0 Å². The second kappa shape index (κ2) is 6.28. The molecule has 0 radical (unpaired) electrons. The van der Waals surface area contributed by atoms with Crippen molar-refractivity contribution in [3.05, 3.63) is 34.3 Å². The molecule has 0 spiro atoms. The quantitative estimate of drug-likeness (QED) is 0.579. The van der Waals surface area contributed by atoms with Gasteiger partial charge in [-0.1, -0.05) is 30.6 Å². The van der Waals surface area contributed by atoms with E-state index in [9.17, 15) is 13.2 Å². The fraction of sp³-hybridized carbons (Fsp3) is 0.462. The lowest BCUT2D eigenvalue weighted by atomic mass is 10.0. The molecule has 0 fully saturated rings. The first-order valence-electron chi connectivity index (χ1n) is 5.75. The van der Waals surface area contributed by atoms with Crippen LogP contribution in [0.3, 0.4) is 0 Å². The van der Waals surface area contributed by atoms with Gasteiger partial charge in [-0.3, -0.25) is 0 Å². The molecule has 0 aliphatic carbocycles. The molecule has 0 atom stereocenters. The van der Waals surface area contributed by atoms with Gasteiger partial charge in [0.25, 0.3) is 0 Å². The van der Waals surface area contributed by atoms with Gasteiger partial charge in [0.1, 0.15) is 6.61 Å². The van der Waals surface area contributed by atoms with Crippen molar-refractivity contribution in [2.24, 2.45) is 11.1 Å². The Labute approximate surface area is 115 Å². The van der Waals surface area contributed by atoms with Crippen LogP contribution in [0, 0.1) is 5.92 Å². The third-order valence-corrected chi connectivity index (χ3v) is 2.52. The molecule has 0 aliphatic rings. The van der Waals surface area contributed by atoms with Crippen LogP contribution in [0.1, 0.15) is 31.9 Å². The fourth-order valence-corrected chi connectivity index (χ4v) is 1.57. The summed E-state index contributed by atoms with van der Waals surface area (Å²) in [6.07, 6.45) is -4.45. The van der Waals surface area contributed by atoms with Crippen molar-refractivity contribution < 1.29 is 18.0 Å². The van der Waals surface area contributed by atoms with Gasteiger partial charge in [-0.2, -0.15) is 13.2 Å². The maximum atomic E-state index is 12.9. The molecule has 0 saturated heterocycles. The zero-order valence-corrected chi connectivity index (χ0v) is 11.6. The lowest BCUT2D eigenvalue weighted by Gasteiger charge is -2.13. The molecule has 1 aromatic rings. The van der Waals surface area contributed by atoms with E-state index in [1.165, 1.54) is 19.1 Å². The van der Waals surface area contributed by atoms with E-state index in [-0.39, 0.29) is 22.2 Å². The van der Waals surface area contributed by atoms with Crippen molar-refractivity contribution in [1.29, 1.82) is 0 Å². The molecular weight excluding hydrogens is 279 g/mol. The minimum Gasteiger partial charge on any atom is -0.395 e. The van der Waals surface area contributed by atoms with E-state index in [0.29, 0.717) is 6.61 Å². The Balaban J connectivity index is 3.07. The number of nitrogens with zero attached hydrogens (tertiary/aromatic N) is 1. The molecule has 2 nitrogen and oxygen atoms in total. The van der Waals surface area contributed by atoms with Gasteiger partial charge in [0, 0.05) is 10.6 Å². The topological polar surface area (TPSA) is 21.6 Å². The minimum atomic E-state index is -4.45. The van der Waals surface area contributed by atoms with Crippen LogP contribution in [-0.2, 0) is 11.0 Å². The van der Waals surface area contributed by atoms with Crippen LogP contribution in [-0.4, -0.2) is 12.3 Å². The van der Waals surface area contributed by atoms with Crippen molar-refractivity contribution in [3.63, 3.8) is 0 Å². The maximum absolute atomic E-state index is 12.9. The van der Waals surface area contributed by atoms with Crippen molar-refractivity contribution in [3.8, 4) is 0 Å². The van der Waals surface area contributed by atoms with E-state index in [1.807, 2.05) is 13.8 Å². The number of rotatable bonds is 4. The summed E-state index contributed by atoms with van der Waals surface area (Å²) in [4.78, 5) is 5.00. The number of alkyl halides is 3. The molecule has 1 aromatic carbocycles. The summed E-state index contributed by atoms with van der Waals surface area (Å²) in [6, 6.07) is 3.39. The van der Waals surface area contributed by atoms with E-state index < -0.39 is 11.7 Å². The van der Waals surface area contributed by atoms with Crippen molar-refractivity contribution in [1.82, 2.24) is 0 Å². The monoisotopic (exact) mass is 293 g/mol. The Morgan fingerprint density at radius 2 is 2.00 bits per heavy atom. The highest BCUT2D eigenvalue weighted by atomic mass is 35.5. The summed E-state index contributed by atoms with van der Waals surface area (Å²) < 4.78 is 38.6. The largest absolute Gasteiger partial charge is 0.417 e. The molecule has 1 rings (SSSR count). The fourth-order valence-electron chi connectivity index (χ4n) is 1.40. The number of oxime groups is 1. The summed E-state index contributed by atoms with van der Waals surface area (Å²) in [6.45, 7) is 5.65. The predicted molar refractivity (Wildman–Crippen MR) is 69.5 cm³/mol. The molecular formula is C13H15ClF3NO. The molecule has 0 bridgehead atoms. The van der Waals surface area contributed by atoms with Gasteiger partial charge >= 0.3 is 6.18 Å². The molecule has 0 aliphatic heterocycles. The normalized spacial score (nSPS) is 12.9. The maximum Gasteiger partial charge on any atom is 0.417 e. The number of hydrogen-bond donors (Lipinski definition) is 0. The Bertz CT molecular complexity index is 469. The SMILES string of the molecule is CC(=NOCC(C)C)c1cc(Cl)ccc1C(F)(F)F. The molecule has 106 valence electrons. The van der Waals surface area contributed by atoms with Crippen LogP contribution in [0.25, 0.3) is 0 Å². The first kappa shape index (κ1) is 15.8. The summed E-state index contributed by atoms with van der Waals surface area (Å²) in [7, 11) is 0. The first-order valence-corrected chi connectivity index (χ1v) is 6.13. The molecule has 0 N–H and O–H groups in total. The summed E-state index contributed by atoms with van der Waals surface area (Å²) in [5, 5.41) is 3.93. The van der Waals surface area contributed by atoms with Gasteiger partial charge in [-0.05, 0) is 31.0 Å². The molecule has 0 aromatic heterocycles. The number of benzene rings is 1. The van der Waals surface area contributed by atoms with Crippen LogP contribution in [0.4, 0.5) is 13.2 Å². The van der Waals surface area contributed by atoms with Crippen molar-refractivity contribution >= 4 is 17.3 Å². The van der Waals surface area contributed by atoms with Crippen LogP contribution >= 0.6 is 11.6 Å². The van der Waals surface area contributed by atoms with Gasteiger partial charge in [0.05, 0.1) is 11.3 Å². The Hall–Kier alpha value is -1.23. The van der Waals surface area contributed by atoms with E-state index >= 15 is 0 Å². The summed E-state index contributed by atoms with van der Waals surface area (Å²) in [5.74, 6) is 0.248. The van der Waals surface area contributed by atoms with Crippen LogP contribution < -0.4 is 0 Å². The van der Waals surface area contributed by atoms with Gasteiger partial charge in [-0.25, -0.2) is 0 Å². The van der Waals surface area contributed by atoms with Gasteiger partial charge < -0.3 is 4.84 Å². The second-order valence-corrected chi connectivity index (χ2v) is 4.99.